The molecule has 3 heteroatoms. The van der Waals surface area contributed by atoms with Crippen LogP contribution in [0, 0.1) is 13.8 Å². The number of hydrogen-bond acceptors (Lipinski definition) is 3. The summed E-state index contributed by atoms with van der Waals surface area (Å²) in [5.74, 6) is 0. The summed E-state index contributed by atoms with van der Waals surface area (Å²) in [5.41, 5.74) is 4.09. The lowest BCUT2D eigenvalue weighted by atomic mass is 10.0. The molecule has 0 spiro atoms. The number of likely N-dealkylation sites (N-methyl/N-ethyl adjacent to an activating group) is 2. The van der Waals surface area contributed by atoms with Gasteiger partial charge in [-0.3, -0.25) is 4.90 Å². The van der Waals surface area contributed by atoms with Crippen LogP contribution >= 0.6 is 0 Å². The second-order valence-corrected chi connectivity index (χ2v) is 5.64. The van der Waals surface area contributed by atoms with Crippen LogP contribution in [0.2, 0.25) is 0 Å². The van der Waals surface area contributed by atoms with Gasteiger partial charge in [0, 0.05) is 25.2 Å². The molecule has 0 amide bonds. The second kappa shape index (κ2) is 6.51. The van der Waals surface area contributed by atoms with Crippen molar-refractivity contribution < 1.29 is 4.74 Å². The monoisotopic (exact) mass is 262 g/mol. The molecule has 2 rings (SSSR count). The number of rotatable bonds is 5. The molecule has 0 aliphatic carbocycles. The molecule has 19 heavy (non-hydrogen) atoms. The topological polar surface area (TPSA) is 24.5 Å². The predicted octanol–water partition coefficient (Wildman–Crippen LogP) is 2.28. The molecule has 0 saturated carbocycles. The highest BCUT2D eigenvalue weighted by Crippen LogP contribution is 2.20. The zero-order chi connectivity index (χ0) is 13.8. The van der Waals surface area contributed by atoms with Crippen LogP contribution in [-0.2, 0) is 4.74 Å². The van der Waals surface area contributed by atoms with Gasteiger partial charge in [-0.2, -0.15) is 0 Å². The van der Waals surface area contributed by atoms with Crippen LogP contribution in [0.1, 0.15) is 29.2 Å². The van der Waals surface area contributed by atoms with Gasteiger partial charge in [0.1, 0.15) is 0 Å². The quantitative estimate of drug-likeness (QED) is 0.881. The van der Waals surface area contributed by atoms with Crippen LogP contribution < -0.4 is 5.32 Å². The first-order valence-electron chi connectivity index (χ1n) is 7.14. The maximum atomic E-state index is 5.47. The molecule has 2 atom stereocenters. The molecule has 0 bridgehead atoms. The summed E-state index contributed by atoms with van der Waals surface area (Å²) in [5, 5.41) is 3.44. The van der Waals surface area contributed by atoms with Gasteiger partial charge in [-0.05, 0) is 51.1 Å². The van der Waals surface area contributed by atoms with Crippen LogP contribution in [0.25, 0.3) is 0 Å². The lowest BCUT2D eigenvalue weighted by molar-refractivity contribution is 0.153. The molecule has 2 unspecified atom stereocenters. The third kappa shape index (κ3) is 3.56. The second-order valence-electron chi connectivity index (χ2n) is 5.64. The van der Waals surface area contributed by atoms with Crippen molar-refractivity contribution in [1.82, 2.24) is 10.2 Å². The maximum absolute atomic E-state index is 5.47. The van der Waals surface area contributed by atoms with Gasteiger partial charge in [0.15, 0.2) is 0 Å². The summed E-state index contributed by atoms with van der Waals surface area (Å²) >= 11 is 0. The Labute approximate surface area is 116 Å². The summed E-state index contributed by atoms with van der Waals surface area (Å²) in [7, 11) is 4.24. The van der Waals surface area contributed by atoms with Crippen LogP contribution in [0.15, 0.2) is 18.2 Å². The van der Waals surface area contributed by atoms with E-state index in [4.69, 9.17) is 4.74 Å². The Kier molecular flexibility index (Phi) is 4.97. The third-order valence-electron chi connectivity index (χ3n) is 4.28. The molecule has 1 aromatic carbocycles. The van der Waals surface area contributed by atoms with Crippen molar-refractivity contribution in [2.24, 2.45) is 0 Å². The molecule has 1 aliphatic rings. The van der Waals surface area contributed by atoms with Gasteiger partial charge < -0.3 is 10.1 Å². The summed E-state index contributed by atoms with van der Waals surface area (Å²) in [6, 6.07) is 7.71. The Morgan fingerprint density at radius 2 is 2.16 bits per heavy atom. The Morgan fingerprint density at radius 3 is 2.74 bits per heavy atom. The van der Waals surface area contributed by atoms with Crippen molar-refractivity contribution in [3.63, 3.8) is 0 Å². The predicted molar refractivity (Wildman–Crippen MR) is 79.6 cm³/mol. The highest BCUT2D eigenvalue weighted by Gasteiger charge is 2.22. The van der Waals surface area contributed by atoms with Gasteiger partial charge in [-0.15, -0.1) is 0 Å². The number of nitrogens with zero attached hydrogens (tertiary/aromatic N) is 1. The number of benzene rings is 1. The zero-order valence-electron chi connectivity index (χ0n) is 12.6. The summed E-state index contributed by atoms with van der Waals surface area (Å²) < 4.78 is 5.47. The number of ether oxygens (including phenoxy) is 1. The summed E-state index contributed by atoms with van der Waals surface area (Å²) in [4.78, 5) is 2.42. The molecule has 106 valence electrons. The van der Waals surface area contributed by atoms with Crippen LogP contribution in [-0.4, -0.2) is 44.8 Å². The van der Waals surface area contributed by atoms with Crippen molar-refractivity contribution in [3.05, 3.63) is 34.9 Å². The minimum atomic E-state index is 0.380. The number of aryl methyl sites for hydroxylation is 2. The first-order valence-corrected chi connectivity index (χ1v) is 7.14. The van der Waals surface area contributed by atoms with E-state index in [0.717, 1.165) is 26.2 Å². The molecule has 1 saturated heterocycles. The van der Waals surface area contributed by atoms with Crippen LogP contribution in [0.4, 0.5) is 0 Å². The van der Waals surface area contributed by atoms with Gasteiger partial charge in [0.25, 0.3) is 0 Å². The summed E-state index contributed by atoms with van der Waals surface area (Å²) in [6.45, 7) is 7.14. The normalized spacial score (nSPS) is 21.0. The standard InChI is InChI=1S/C16H26N2O/c1-12-5-6-14(9-13(12)2)16(17-3)10-18(4)15-7-8-19-11-15/h5-6,9,15-17H,7-8,10-11H2,1-4H3. The van der Waals surface area contributed by atoms with E-state index in [1.807, 2.05) is 7.05 Å². The van der Waals surface area contributed by atoms with Crippen molar-refractivity contribution in [2.45, 2.75) is 32.4 Å². The third-order valence-corrected chi connectivity index (χ3v) is 4.28. The summed E-state index contributed by atoms with van der Waals surface area (Å²) in [6.07, 6.45) is 1.15. The van der Waals surface area contributed by atoms with E-state index >= 15 is 0 Å². The van der Waals surface area contributed by atoms with E-state index in [2.05, 4.69) is 49.3 Å². The molecule has 1 heterocycles. The lowest BCUT2D eigenvalue weighted by Gasteiger charge is -2.28. The average Bonchev–Trinajstić information content (AvgIpc) is 2.93. The first kappa shape index (κ1) is 14.5. The average molecular weight is 262 g/mol. The largest absolute Gasteiger partial charge is 0.380 e. The van der Waals surface area contributed by atoms with Crippen molar-refractivity contribution in [3.8, 4) is 0 Å². The minimum absolute atomic E-state index is 0.380. The van der Waals surface area contributed by atoms with Crippen LogP contribution in [0.5, 0.6) is 0 Å². The molecule has 1 aliphatic heterocycles. The molecular formula is C16H26N2O. The van der Waals surface area contributed by atoms with Crippen LogP contribution in [0.3, 0.4) is 0 Å². The fourth-order valence-electron chi connectivity index (χ4n) is 2.65. The van der Waals surface area contributed by atoms with E-state index in [0.29, 0.717) is 12.1 Å². The SMILES string of the molecule is CNC(CN(C)C1CCOC1)c1ccc(C)c(C)c1. The van der Waals surface area contributed by atoms with Gasteiger partial charge in [-0.1, -0.05) is 18.2 Å². The minimum Gasteiger partial charge on any atom is -0.380 e. The molecule has 1 fully saturated rings. The molecule has 3 nitrogen and oxygen atoms in total. The van der Waals surface area contributed by atoms with E-state index in [-0.39, 0.29) is 0 Å². The molecule has 1 N–H and O–H groups in total. The highest BCUT2D eigenvalue weighted by atomic mass is 16.5. The smallest absolute Gasteiger partial charge is 0.0622 e. The van der Waals surface area contributed by atoms with E-state index in [1.54, 1.807) is 0 Å². The van der Waals surface area contributed by atoms with Gasteiger partial charge in [0.2, 0.25) is 0 Å². The molecule has 0 radical (unpaired) electrons. The van der Waals surface area contributed by atoms with Crippen molar-refractivity contribution in [1.29, 1.82) is 0 Å². The Balaban J connectivity index is 2.04. The van der Waals surface area contributed by atoms with Crippen molar-refractivity contribution in [2.75, 3.05) is 33.9 Å². The lowest BCUT2D eigenvalue weighted by Crippen LogP contribution is -2.38. The van der Waals surface area contributed by atoms with Gasteiger partial charge in [0.05, 0.1) is 6.61 Å². The van der Waals surface area contributed by atoms with Crippen molar-refractivity contribution >= 4 is 0 Å². The number of nitrogens with one attached hydrogen (secondary N) is 1. The van der Waals surface area contributed by atoms with E-state index < -0.39 is 0 Å². The van der Waals surface area contributed by atoms with E-state index in [1.165, 1.54) is 16.7 Å². The molecule has 1 aromatic rings. The first-order chi connectivity index (χ1) is 9.11. The van der Waals surface area contributed by atoms with Gasteiger partial charge in [-0.25, -0.2) is 0 Å². The zero-order valence-corrected chi connectivity index (χ0v) is 12.6. The maximum Gasteiger partial charge on any atom is 0.0622 e. The molecule has 0 aromatic heterocycles. The highest BCUT2D eigenvalue weighted by molar-refractivity contribution is 5.31. The fourth-order valence-corrected chi connectivity index (χ4v) is 2.65. The number of hydrogen-bond donors (Lipinski definition) is 1. The Morgan fingerprint density at radius 1 is 1.37 bits per heavy atom. The molecular weight excluding hydrogens is 236 g/mol. The van der Waals surface area contributed by atoms with Gasteiger partial charge >= 0.3 is 0 Å². The fraction of sp³-hybridized carbons (Fsp3) is 0.625. The van der Waals surface area contributed by atoms with E-state index in [9.17, 15) is 0 Å². The Bertz CT molecular complexity index is 413. The Hall–Kier alpha value is -0.900.